The van der Waals surface area contributed by atoms with Crippen molar-refractivity contribution in [3.05, 3.63) is 52.3 Å². The van der Waals surface area contributed by atoms with Crippen LogP contribution < -0.4 is 5.32 Å². The van der Waals surface area contributed by atoms with Crippen LogP contribution in [0.25, 0.3) is 0 Å². The minimum absolute atomic E-state index is 0.0514. The lowest BCUT2D eigenvalue weighted by Gasteiger charge is -2.26. The molecule has 1 aliphatic heterocycles. The van der Waals surface area contributed by atoms with Gasteiger partial charge >= 0.3 is 0 Å². The average Bonchev–Trinajstić information content (AvgIpc) is 2.58. The number of pyridine rings is 1. The van der Waals surface area contributed by atoms with Crippen molar-refractivity contribution in [1.82, 2.24) is 9.88 Å². The maximum absolute atomic E-state index is 12.5. The van der Waals surface area contributed by atoms with Crippen molar-refractivity contribution in [3.8, 4) is 0 Å². The van der Waals surface area contributed by atoms with Crippen molar-refractivity contribution in [1.29, 1.82) is 0 Å². The molecule has 0 spiro atoms. The van der Waals surface area contributed by atoms with Crippen molar-refractivity contribution in [3.63, 3.8) is 0 Å². The van der Waals surface area contributed by atoms with Crippen LogP contribution in [0.4, 0.5) is 11.4 Å². The van der Waals surface area contributed by atoms with Crippen molar-refractivity contribution in [2.75, 3.05) is 31.6 Å². The summed E-state index contributed by atoms with van der Waals surface area (Å²) in [5.74, 6) is -0.0514. The second-order valence-corrected chi connectivity index (χ2v) is 6.33. The molecule has 2 heterocycles. The molecule has 1 saturated heterocycles. The maximum atomic E-state index is 12.5. The van der Waals surface area contributed by atoms with E-state index < -0.39 is 0 Å². The number of amides is 1. The van der Waals surface area contributed by atoms with Gasteiger partial charge in [-0.25, -0.2) is 0 Å². The summed E-state index contributed by atoms with van der Waals surface area (Å²) in [5, 5.41) is 3.34. The quantitative estimate of drug-likeness (QED) is 0.893. The Bertz CT molecular complexity index is 715. The number of hydrogen-bond donors (Lipinski definition) is 1. The molecule has 1 aromatic carbocycles. The van der Waals surface area contributed by atoms with Gasteiger partial charge in [0.2, 0.25) is 0 Å². The number of aryl methyl sites for hydroxylation is 1. The number of nitrogens with one attached hydrogen (secondary N) is 1. The number of carbonyl (C=O) groups is 1. The number of rotatable bonds is 3. The fourth-order valence-corrected chi connectivity index (χ4v) is 2.95. The van der Waals surface area contributed by atoms with Gasteiger partial charge in [0, 0.05) is 35.1 Å². The van der Waals surface area contributed by atoms with E-state index in [0.717, 1.165) is 21.4 Å². The van der Waals surface area contributed by atoms with Gasteiger partial charge in [-0.1, -0.05) is 15.9 Å². The van der Waals surface area contributed by atoms with Gasteiger partial charge in [0.05, 0.1) is 13.2 Å². The van der Waals surface area contributed by atoms with Gasteiger partial charge in [0.15, 0.2) is 0 Å². The first-order valence-electron chi connectivity index (χ1n) is 7.50. The van der Waals surface area contributed by atoms with E-state index in [2.05, 4.69) is 26.2 Å². The van der Waals surface area contributed by atoms with Gasteiger partial charge < -0.3 is 15.0 Å². The number of aromatic nitrogens is 1. The monoisotopic (exact) mass is 375 g/mol. The first-order chi connectivity index (χ1) is 11.1. The Balaban J connectivity index is 1.78. The van der Waals surface area contributed by atoms with E-state index in [9.17, 15) is 4.79 Å². The Hall–Kier alpha value is -1.92. The molecule has 0 aliphatic carbocycles. The highest BCUT2D eigenvalue weighted by Gasteiger charge is 2.19. The molecule has 1 N–H and O–H groups in total. The van der Waals surface area contributed by atoms with Crippen LogP contribution in [0.1, 0.15) is 16.1 Å². The van der Waals surface area contributed by atoms with Crippen molar-refractivity contribution < 1.29 is 9.53 Å². The van der Waals surface area contributed by atoms with E-state index in [4.69, 9.17) is 4.74 Å². The highest BCUT2D eigenvalue weighted by atomic mass is 79.9. The molecule has 2 aromatic rings. The zero-order chi connectivity index (χ0) is 16.2. The summed E-state index contributed by atoms with van der Waals surface area (Å²) in [7, 11) is 0. The smallest absolute Gasteiger partial charge is 0.272 e. The second kappa shape index (κ2) is 7.10. The molecule has 1 aromatic heterocycles. The molecule has 6 heteroatoms. The van der Waals surface area contributed by atoms with Crippen LogP contribution in [0.2, 0.25) is 0 Å². The van der Waals surface area contributed by atoms with Crippen LogP contribution >= 0.6 is 15.9 Å². The second-order valence-electron chi connectivity index (χ2n) is 5.42. The van der Waals surface area contributed by atoms with E-state index in [1.54, 1.807) is 17.2 Å². The SMILES string of the molecule is Cc1cc(Br)ccc1Nc1ccnc(C(=O)N2CCOCC2)c1. The number of carbonyl (C=O) groups excluding carboxylic acids is 1. The predicted molar refractivity (Wildman–Crippen MR) is 93.1 cm³/mol. The van der Waals surface area contributed by atoms with E-state index in [1.807, 2.05) is 31.2 Å². The third-order valence-corrected chi connectivity index (χ3v) is 4.24. The topological polar surface area (TPSA) is 54.5 Å². The minimum atomic E-state index is -0.0514. The van der Waals surface area contributed by atoms with Gasteiger partial charge in [0.25, 0.3) is 5.91 Å². The molecule has 0 unspecified atom stereocenters. The van der Waals surface area contributed by atoms with Gasteiger partial charge in [-0.05, 0) is 42.8 Å². The zero-order valence-electron chi connectivity index (χ0n) is 12.9. The molecule has 120 valence electrons. The number of halogens is 1. The molecule has 1 aliphatic rings. The van der Waals surface area contributed by atoms with Crippen molar-refractivity contribution >= 4 is 33.2 Å². The molecule has 23 heavy (non-hydrogen) atoms. The molecule has 3 rings (SSSR count). The summed E-state index contributed by atoms with van der Waals surface area (Å²) in [6.07, 6.45) is 1.66. The Labute approximate surface area is 143 Å². The fourth-order valence-electron chi connectivity index (χ4n) is 2.48. The summed E-state index contributed by atoms with van der Waals surface area (Å²) < 4.78 is 6.32. The largest absolute Gasteiger partial charge is 0.378 e. The normalized spacial score (nSPS) is 14.6. The van der Waals surface area contributed by atoms with E-state index in [-0.39, 0.29) is 5.91 Å². The lowest BCUT2D eigenvalue weighted by molar-refractivity contribution is 0.0299. The van der Waals surface area contributed by atoms with Crippen LogP contribution in [-0.4, -0.2) is 42.1 Å². The number of anilines is 2. The van der Waals surface area contributed by atoms with Crippen LogP contribution in [0.5, 0.6) is 0 Å². The number of benzene rings is 1. The molecular weight excluding hydrogens is 358 g/mol. The number of morpholine rings is 1. The maximum Gasteiger partial charge on any atom is 0.272 e. The summed E-state index contributed by atoms with van der Waals surface area (Å²) >= 11 is 3.46. The van der Waals surface area contributed by atoms with E-state index >= 15 is 0 Å². The summed E-state index contributed by atoms with van der Waals surface area (Å²) in [4.78, 5) is 18.5. The number of ether oxygens (including phenoxy) is 1. The predicted octanol–water partition coefficient (Wildman–Crippen LogP) is 3.37. The van der Waals surface area contributed by atoms with Gasteiger partial charge in [0.1, 0.15) is 5.69 Å². The summed E-state index contributed by atoms with van der Waals surface area (Å²) in [6.45, 7) is 4.44. The molecule has 1 amide bonds. The molecule has 5 nitrogen and oxygen atoms in total. The third kappa shape index (κ3) is 3.89. The Morgan fingerprint density at radius 2 is 2.04 bits per heavy atom. The van der Waals surface area contributed by atoms with E-state index in [1.165, 1.54) is 0 Å². The first kappa shape index (κ1) is 16.0. The highest BCUT2D eigenvalue weighted by molar-refractivity contribution is 9.10. The Morgan fingerprint density at radius 1 is 1.26 bits per heavy atom. The third-order valence-electron chi connectivity index (χ3n) is 3.74. The van der Waals surface area contributed by atoms with Crippen molar-refractivity contribution in [2.45, 2.75) is 6.92 Å². The lowest BCUT2D eigenvalue weighted by Crippen LogP contribution is -2.41. The minimum Gasteiger partial charge on any atom is -0.378 e. The molecule has 0 atom stereocenters. The molecule has 0 saturated carbocycles. The number of nitrogens with zero attached hydrogens (tertiary/aromatic N) is 2. The standard InChI is InChI=1S/C17H18BrN3O2/c1-12-10-13(18)2-3-15(12)20-14-4-5-19-16(11-14)17(22)21-6-8-23-9-7-21/h2-5,10-11H,6-9H2,1H3,(H,19,20). The van der Waals surface area contributed by atoms with Gasteiger partial charge in [-0.3, -0.25) is 9.78 Å². The molecule has 0 bridgehead atoms. The molecule has 1 fully saturated rings. The van der Waals surface area contributed by atoms with Crippen LogP contribution in [0, 0.1) is 6.92 Å². The van der Waals surface area contributed by atoms with Crippen LogP contribution in [0.3, 0.4) is 0 Å². The van der Waals surface area contributed by atoms with Crippen molar-refractivity contribution in [2.24, 2.45) is 0 Å². The number of hydrogen-bond acceptors (Lipinski definition) is 4. The Morgan fingerprint density at radius 3 is 2.78 bits per heavy atom. The molecule has 0 radical (unpaired) electrons. The lowest BCUT2D eigenvalue weighted by atomic mass is 10.2. The zero-order valence-corrected chi connectivity index (χ0v) is 14.5. The Kier molecular flexibility index (Phi) is 4.93. The first-order valence-corrected chi connectivity index (χ1v) is 8.29. The summed E-state index contributed by atoms with van der Waals surface area (Å²) in [6, 6.07) is 9.68. The highest BCUT2D eigenvalue weighted by Crippen LogP contribution is 2.24. The van der Waals surface area contributed by atoms with Gasteiger partial charge in [-0.2, -0.15) is 0 Å². The average molecular weight is 376 g/mol. The molecular formula is C17H18BrN3O2. The fraction of sp³-hybridized carbons (Fsp3) is 0.294. The van der Waals surface area contributed by atoms with Gasteiger partial charge in [-0.15, -0.1) is 0 Å². The van der Waals surface area contributed by atoms with Crippen LogP contribution in [-0.2, 0) is 4.74 Å². The summed E-state index contributed by atoms with van der Waals surface area (Å²) in [5.41, 5.74) is 3.43. The van der Waals surface area contributed by atoms with E-state index in [0.29, 0.717) is 32.0 Å². The van der Waals surface area contributed by atoms with Crippen LogP contribution in [0.15, 0.2) is 41.0 Å².